The van der Waals surface area contributed by atoms with Crippen LogP contribution in [0.2, 0.25) is 0 Å². The maximum Gasteiger partial charge on any atom is 0.266 e. The van der Waals surface area contributed by atoms with Crippen molar-refractivity contribution < 1.29 is 9.18 Å². The van der Waals surface area contributed by atoms with Gasteiger partial charge in [0.05, 0.1) is 18.8 Å². The molecule has 0 saturated carbocycles. The van der Waals surface area contributed by atoms with Gasteiger partial charge in [0, 0.05) is 37.0 Å². The van der Waals surface area contributed by atoms with Crippen LogP contribution in [0.4, 0.5) is 10.1 Å². The molecule has 1 amide bonds. The predicted octanol–water partition coefficient (Wildman–Crippen LogP) is 3.38. The summed E-state index contributed by atoms with van der Waals surface area (Å²) < 4.78 is 17.2. The maximum atomic E-state index is 15.3. The fourth-order valence-electron chi connectivity index (χ4n) is 4.51. The van der Waals surface area contributed by atoms with Gasteiger partial charge in [0.25, 0.3) is 5.91 Å². The molecule has 2 aliphatic heterocycles. The molecular weight excluding hydrogens is 393 g/mol. The minimum atomic E-state index is -2.00. The molecule has 156 valence electrons. The number of hydrogen-bond donors (Lipinski definition) is 0. The summed E-state index contributed by atoms with van der Waals surface area (Å²) in [6.45, 7) is 1.25. The number of fused-ring (bicyclic) bond motifs is 1. The molecule has 0 aliphatic carbocycles. The van der Waals surface area contributed by atoms with Crippen molar-refractivity contribution >= 4 is 11.6 Å². The van der Waals surface area contributed by atoms with E-state index in [9.17, 15) is 4.79 Å². The highest BCUT2D eigenvalue weighted by Gasteiger charge is 2.48. The largest absolute Gasteiger partial charge is 0.309 e. The second-order valence-electron chi connectivity index (χ2n) is 8.15. The highest BCUT2D eigenvalue weighted by molar-refractivity contribution is 6.01. The zero-order valence-electron chi connectivity index (χ0n) is 17.0. The Bertz CT molecular complexity index is 1170. The van der Waals surface area contributed by atoms with Crippen LogP contribution in [0.15, 0.2) is 60.8 Å². The quantitative estimate of drug-likeness (QED) is 0.613. The van der Waals surface area contributed by atoms with Crippen molar-refractivity contribution in [3.05, 3.63) is 71.9 Å². The first kappa shape index (κ1) is 19.3. The van der Waals surface area contributed by atoms with Crippen molar-refractivity contribution in [2.45, 2.75) is 25.1 Å². The molecule has 3 aromatic rings. The summed E-state index contributed by atoms with van der Waals surface area (Å²) in [5, 5.41) is 13.5. The Balaban J connectivity index is 1.39. The molecule has 2 aliphatic rings. The van der Waals surface area contributed by atoms with Crippen LogP contribution in [-0.2, 0) is 17.8 Å². The normalized spacial score (nSPS) is 20.0. The molecule has 0 spiro atoms. The minimum Gasteiger partial charge on any atom is -0.309 e. The number of anilines is 1. The van der Waals surface area contributed by atoms with Crippen LogP contribution in [0.1, 0.15) is 17.5 Å². The molecule has 1 fully saturated rings. The summed E-state index contributed by atoms with van der Waals surface area (Å²) in [4.78, 5) is 15.8. The van der Waals surface area contributed by atoms with E-state index in [1.54, 1.807) is 11.1 Å². The molecule has 1 aromatic heterocycles. The Labute approximate surface area is 180 Å². The van der Waals surface area contributed by atoms with Crippen molar-refractivity contribution in [1.29, 1.82) is 5.26 Å². The first-order chi connectivity index (χ1) is 15.1. The highest BCUT2D eigenvalue weighted by atomic mass is 19.1. The van der Waals surface area contributed by atoms with Crippen molar-refractivity contribution in [2.75, 3.05) is 24.5 Å². The Hall–Kier alpha value is -3.66. The van der Waals surface area contributed by atoms with E-state index < -0.39 is 11.6 Å². The lowest BCUT2D eigenvalue weighted by Crippen LogP contribution is -2.47. The lowest BCUT2D eigenvalue weighted by molar-refractivity contribution is -0.129. The number of carbonyl (C=O) groups excluding carboxylic acids is 1. The molecule has 6 nitrogen and oxygen atoms in total. The first-order valence-corrected chi connectivity index (χ1v) is 10.4. The summed E-state index contributed by atoms with van der Waals surface area (Å²) in [6, 6.07) is 18.1. The van der Waals surface area contributed by atoms with E-state index in [-0.39, 0.29) is 19.5 Å². The molecule has 1 unspecified atom stereocenters. The van der Waals surface area contributed by atoms with Gasteiger partial charge >= 0.3 is 0 Å². The number of nitriles is 1. The third-order valence-electron chi connectivity index (χ3n) is 6.15. The van der Waals surface area contributed by atoms with Crippen molar-refractivity contribution in [2.24, 2.45) is 0 Å². The summed E-state index contributed by atoms with van der Waals surface area (Å²) in [5.41, 5.74) is 2.98. The fraction of sp³-hybridized carbons (Fsp3) is 0.292. The van der Waals surface area contributed by atoms with Crippen LogP contribution >= 0.6 is 0 Å². The second-order valence-corrected chi connectivity index (χ2v) is 8.15. The van der Waals surface area contributed by atoms with E-state index >= 15 is 4.39 Å². The van der Waals surface area contributed by atoms with Gasteiger partial charge in [0.15, 0.2) is 6.19 Å². The van der Waals surface area contributed by atoms with Crippen molar-refractivity contribution in [3.63, 3.8) is 0 Å². The standard InChI is InChI=1S/C24H22FN5O/c25-24(10-13-28(16-24)17-26)23(31)29-12-9-20-14-19(6-7-21(20)29)22-8-11-27-30(22)15-18-4-2-1-3-5-18/h1-8,11,14H,9-10,12-13,15-16H2. The lowest BCUT2D eigenvalue weighted by Gasteiger charge is -2.25. The zero-order valence-corrected chi connectivity index (χ0v) is 17.0. The molecule has 31 heavy (non-hydrogen) atoms. The van der Waals surface area contributed by atoms with Crippen LogP contribution in [-0.4, -0.2) is 45.9 Å². The molecule has 1 atom stereocenters. The Morgan fingerprint density at radius 3 is 2.77 bits per heavy atom. The van der Waals surface area contributed by atoms with Crippen LogP contribution < -0.4 is 4.90 Å². The summed E-state index contributed by atoms with van der Waals surface area (Å²) >= 11 is 0. The van der Waals surface area contributed by atoms with Gasteiger partial charge < -0.3 is 9.80 Å². The summed E-state index contributed by atoms with van der Waals surface area (Å²) in [5.74, 6) is -0.536. The van der Waals surface area contributed by atoms with Crippen LogP contribution in [0.25, 0.3) is 11.3 Å². The number of carbonyl (C=O) groups is 1. The third-order valence-corrected chi connectivity index (χ3v) is 6.15. The van der Waals surface area contributed by atoms with Crippen molar-refractivity contribution in [3.8, 4) is 17.5 Å². The van der Waals surface area contributed by atoms with Crippen molar-refractivity contribution in [1.82, 2.24) is 14.7 Å². The lowest BCUT2D eigenvalue weighted by atomic mass is 10.0. The number of rotatable bonds is 4. The number of amides is 1. The SMILES string of the molecule is N#CN1CCC(F)(C(=O)N2CCc3cc(-c4ccnn4Cc4ccccc4)ccc32)C1. The number of likely N-dealkylation sites (tertiary alicyclic amines) is 1. The topological polar surface area (TPSA) is 65.2 Å². The molecule has 5 rings (SSSR count). The van der Waals surface area contributed by atoms with E-state index in [0.29, 0.717) is 19.5 Å². The number of halogens is 1. The number of aromatic nitrogens is 2. The molecule has 2 aromatic carbocycles. The van der Waals surface area contributed by atoms with Crippen LogP contribution in [0, 0.1) is 11.5 Å². The van der Waals surface area contributed by atoms with Crippen LogP contribution in [0.5, 0.6) is 0 Å². The van der Waals surface area contributed by atoms with E-state index in [1.165, 1.54) is 10.5 Å². The summed E-state index contributed by atoms with van der Waals surface area (Å²) in [7, 11) is 0. The monoisotopic (exact) mass is 415 g/mol. The Morgan fingerprint density at radius 2 is 2.00 bits per heavy atom. The second kappa shape index (κ2) is 7.55. The molecular formula is C24H22FN5O. The average Bonchev–Trinajstić information content (AvgIpc) is 3.52. The maximum absolute atomic E-state index is 15.3. The van der Waals surface area contributed by atoms with E-state index in [4.69, 9.17) is 5.26 Å². The van der Waals surface area contributed by atoms with E-state index in [2.05, 4.69) is 23.3 Å². The molecule has 0 N–H and O–H groups in total. The average molecular weight is 415 g/mol. The summed E-state index contributed by atoms with van der Waals surface area (Å²) in [6.07, 6.45) is 4.47. The van der Waals surface area contributed by atoms with Gasteiger partial charge in [0.1, 0.15) is 0 Å². The van der Waals surface area contributed by atoms with E-state index in [0.717, 1.165) is 22.5 Å². The predicted molar refractivity (Wildman–Crippen MR) is 115 cm³/mol. The van der Waals surface area contributed by atoms with Gasteiger partial charge in [-0.2, -0.15) is 10.4 Å². The molecule has 0 bridgehead atoms. The first-order valence-electron chi connectivity index (χ1n) is 10.4. The van der Waals surface area contributed by atoms with E-state index in [1.807, 2.05) is 47.3 Å². The number of benzene rings is 2. The Morgan fingerprint density at radius 1 is 1.16 bits per heavy atom. The molecule has 3 heterocycles. The highest BCUT2D eigenvalue weighted by Crippen LogP contribution is 2.36. The molecule has 0 radical (unpaired) electrons. The van der Waals surface area contributed by atoms with Gasteiger partial charge in [-0.25, -0.2) is 4.39 Å². The smallest absolute Gasteiger partial charge is 0.266 e. The fourth-order valence-corrected chi connectivity index (χ4v) is 4.51. The zero-order chi connectivity index (χ0) is 21.4. The van der Waals surface area contributed by atoms with Gasteiger partial charge in [-0.05, 0) is 35.7 Å². The Kier molecular flexibility index (Phi) is 4.70. The van der Waals surface area contributed by atoms with Gasteiger partial charge in [0.2, 0.25) is 5.67 Å². The van der Waals surface area contributed by atoms with Gasteiger partial charge in [-0.15, -0.1) is 0 Å². The van der Waals surface area contributed by atoms with Gasteiger partial charge in [-0.1, -0.05) is 36.4 Å². The minimum absolute atomic E-state index is 0.0575. The molecule has 1 saturated heterocycles. The molecule has 7 heteroatoms. The number of nitrogens with zero attached hydrogens (tertiary/aromatic N) is 5. The van der Waals surface area contributed by atoms with Gasteiger partial charge in [-0.3, -0.25) is 9.48 Å². The van der Waals surface area contributed by atoms with Crippen LogP contribution in [0.3, 0.4) is 0 Å². The number of hydrogen-bond acceptors (Lipinski definition) is 4. The third kappa shape index (κ3) is 3.44. The number of alkyl halides is 1.